The van der Waals surface area contributed by atoms with Crippen molar-refractivity contribution in [2.24, 2.45) is 0 Å². The Kier molecular flexibility index (Phi) is 5.69. The van der Waals surface area contributed by atoms with Crippen LogP contribution in [0.5, 0.6) is 0 Å². The van der Waals surface area contributed by atoms with Crippen molar-refractivity contribution in [2.75, 3.05) is 17.7 Å². The summed E-state index contributed by atoms with van der Waals surface area (Å²) in [4.78, 5) is 28.2. The highest BCUT2D eigenvalue weighted by Crippen LogP contribution is 2.19. The Morgan fingerprint density at radius 3 is 2.25 bits per heavy atom. The molecule has 0 atom stereocenters. The maximum absolute atomic E-state index is 12.5. The molecule has 0 saturated carbocycles. The predicted octanol–water partition coefficient (Wildman–Crippen LogP) is 4.48. The number of pyridine rings is 1. The van der Waals surface area contributed by atoms with E-state index in [1.165, 1.54) is 12.7 Å². The summed E-state index contributed by atoms with van der Waals surface area (Å²) in [5, 5.41) is 6.05. The third-order valence-electron chi connectivity index (χ3n) is 4.35. The van der Waals surface area contributed by atoms with Crippen molar-refractivity contribution in [1.29, 1.82) is 0 Å². The number of aryl methyl sites for hydroxylation is 2. The number of benzene rings is 2. The highest BCUT2D eigenvalue weighted by molar-refractivity contribution is 6.03. The molecule has 3 aromatic rings. The van der Waals surface area contributed by atoms with Gasteiger partial charge in [0.25, 0.3) is 5.91 Å². The third-order valence-corrected chi connectivity index (χ3v) is 4.35. The highest BCUT2D eigenvalue weighted by Gasteiger charge is 2.10. The molecule has 2 N–H and O–H groups in total. The molecule has 28 heavy (non-hydrogen) atoms. The van der Waals surface area contributed by atoms with Crippen molar-refractivity contribution in [1.82, 2.24) is 4.98 Å². The van der Waals surface area contributed by atoms with Gasteiger partial charge in [0, 0.05) is 23.3 Å². The number of hydrogen-bond acceptors (Lipinski definition) is 5. The standard InChI is InChI=1S/C22H21N3O3/c1-14-4-7-18(12-15(14)2)25-21(26)20-13-19(10-11-23-20)24-17-8-5-16(6-9-17)22(27)28-3/h4-13H,1-3H3,(H,23,24)(H,25,26). The van der Waals surface area contributed by atoms with Crippen LogP contribution in [-0.2, 0) is 4.74 Å². The largest absolute Gasteiger partial charge is 0.465 e. The predicted molar refractivity (Wildman–Crippen MR) is 109 cm³/mol. The fourth-order valence-corrected chi connectivity index (χ4v) is 2.62. The molecule has 0 saturated heterocycles. The molecule has 142 valence electrons. The minimum Gasteiger partial charge on any atom is -0.465 e. The average Bonchev–Trinajstić information content (AvgIpc) is 2.71. The normalized spacial score (nSPS) is 10.2. The summed E-state index contributed by atoms with van der Waals surface area (Å²) in [7, 11) is 1.34. The van der Waals surface area contributed by atoms with Crippen LogP contribution in [0.25, 0.3) is 0 Å². The number of aromatic nitrogens is 1. The van der Waals surface area contributed by atoms with Gasteiger partial charge in [0.1, 0.15) is 5.69 Å². The fourth-order valence-electron chi connectivity index (χ4n) is 2.62. The molecule has 0 aliphatic heterocycles. The Morgan fingerprint density at radius 1 is 0.857 bits per heavy atom. The summed E-state index contributed by atoms with van der Waals surface area (Å²) in [5.74, 6) is -0.672. The number of amides is 1. The van der Waals surface area contributed by atoms with Crippen molar-refractivity contribution in [3.63, 3.8) is 0 Å². The van der Waals surface area contributed by atoms with Crippen molar-refractivity contribution in [2.45, 2.75) is 13.8 Å². The van der Waals surface area contributed by atoms with E-state index in [9.17, 15) is 9.59 Å². The minimum atomic E-state index is -0.388. The van der Waals surface area contributed by atoms with Gasteiger partial charge in [-0.05, 0) is 73.5 Å². The van der Waals surface area contributed by atoms with Gasteiger partial charge in [-0.1, -0.05) is 6.07 Å². The van der Waals surface area contributed by atoms with E-state index < -0.39 is 0 Å². The number of methoxy groups -OCH3 is 1. The molecule has 6 heteroatoms. The zero-order valence-corrected chi connectivity index (χ0v) is 15.9. The zero-order valence-electron chi connectivity index (χ0n) is 15.9. The third kappa shape index (κ3) is 4.54. The van der Waals surface area contributed by atoms with Crippen LogP contribution >= 0.6 is 0 Å². The van der Waals surface area contributed by atoms with E-state index in [2.05, 4.69) is 20.4 Å². The Labute approximate surface area is 163 Å². The summed E-state index contributed by atoms with van der Waals surface area (Å²) in [5.41, 5.74) is 5.26. The molecule has 0 aliphatic carbocycles. The number of esters is 1. The lowest BCUT2D eigenvalue weighted by Gasteiger charge is -2.10. The van der Waals surface area contributed by atoms with Gasteiger partial charge in [-0.2, -0.15) is 0 Å². The molecular formula is C22H21N3O3. The molecule has 0 aliphatic rings. The van der Waals surface area contributed by atoms with E-state index in [-0.39, 0.29) is 11.9 Å². The van der Waals surface area contributed by atoms with E-state index >= 15 is 0 Å². The van der Waals surface area contributed by atoms with Crippen LogP contribution in [0.4, 0.5) is 17.1 Å². The SMILES string of the molecule is COC(=O)c1ccc(Nc2ccnc(C(=O)Nc3ccc(C)c(C)c3)c2)cc1. The van der Waals surface area contributed by atoms with Crippen LogP contribution in [0.15, 0.2) is 60.8 Å². The topological polar surface area (TPSA) is 80.3 Å². The van der Waals surface area contributed by atoms with Gasteiger partial charge < -0.3 is 15.4 Å². The quantitative estimate of drug-likeness (QED) is 0.643. The number of ether oxygens (including phenoxy) is 1. The van der Waals surface area contributed by atoms with Crippen LogP contribution < -0.4 is 10.6 Å². The molecule has 1 aromatic heterocycles. The lowest BCUT2D eigenvalue weighted by Crippen LogP contribution is -2.14. The number of anilines is 3. The molecule has 2 aromatic carbocycles. The maximum atomic E-state index is 12.5. The maximum Gasteiger partial charge on any atom is 0.337 e. The van der Waals surface area contributed by atoms with Crippen LogP contribution in [0, 0.1) is 13.8 Å². The first-order chi connectivity index (χ1) is 13.5. The van der Waals surface area contributed by atoms with Crippen LogP contribution in [0.3, 0.4) is 0 Å². The summed E-state index contributed by atoms with van der Waals surface area (Å²) >= 11 is 0. The second kappa shape index (κ2) is 8.35. The second-order valence-corrected chi connectivity index (χ2v) is 6.38. The Balaban J connectivity index is 1.71. The summed E-state index contributed by atoms with van der Waals surface area (Å²) < 4.78 is 4.69. The van der Waals surface area contributed by atoms with E-state index in [1.807, 2.05) is 32.0 Å². The van der Waals surface area contributed by atoms with Crippen LogP contribution in [-0.4, -0.2) is 24.0 Å². The van der Waals surface area contributed by atoms with Crippen molar-refractivity contribution < 1.29 is 14.3 Å². The number of hydrogen-bond donors (Lipinski definition) is 2. The molecule has 0 unspecified atom stereocenters. The second-order valence-electron chi connectivity index (χ2n) is 6.38. The van der Waals surface area contributed by atoms with E-state index in [1.54, 1.807) is 42.6 Å². The number of carbonyl (C=O) groups is 2. The highest BCUT2D eigenvalue weighted by atomic mass is 16.5. The molecule has 0 radical (unpaired) electrons. The Morgan fingerprint density at radius 2 is 1.57 bits per heavy atom. The van der Waals surface area contributed by atoms with Gasteiger partial charge in [0.15, 0.2) is 0 Å². The van der Waals surface area contributed by atoms with Crippen LogP contribution in [0.1, 0.15) is 32.0 Å². The van der Waals surface area contributed by atoms with Crippen molar-refractivity contribution in [3.05, 3.63) is 83.2 Å². The average molecular weight is 375 g/mol. The van der Waals surface area contributed by atoms with Gasteiger partial charge in [-0.3, -0.25) is 9.78 Å². The van der Waals surface area contributed by atoms with Crippen LogP contribution in [0.2, 0.25) is 0 Å². The fraction of sp³-hybridized carbons (Fsp3) is 0.136. The van der Waals surface area contributed by atoms with E-state index in [0.717, 1.165) is 16.9 Å². The number of carbonyl (C=O) groups excluding carboxylic acids is 2. The minimum absolute atomic E-state index is 0.284. The Hall–Kier alpha value is -3.67. The number of nitrogens with zero attached hydrogens (tertiary/aromatic N) is 1. The molecule has 0 fully saturated rings. The summed E-state index contributed by atoms with van der Waals surface area (Å²) in [6.45, 7) is 4.02. The first-order valence-electron chi connectivity index (χ1n) is 8.76. The first kappa shape index (κ1) is 19.1. The molecular weight excluding hydrogens is 354 g/mol. The lowest BCUT2D eigenvalue weighted by atomic mass is 10.1. The number of nitrogens with one attached hydrogen (secondary N) is 2. The summed E-state index contributed by atoms with van der Waals surface area (Å²) in [6.07, 6.45) is 1.57. The van der Waals surface area contributed by atoms with Gasteiger partial charge >= 0.3 is 5.97 Å². The van der Waals surface area contributed by atoms with Crippen molar-refractivity contribution >= 4 is 28.9 Å². The smallest absolute Gasteiger partial charge is 0.337 e. The monoisotopic (exact) mass is 375 g/mol. The molecule has 6 nitrogen and oxygen atoms in total. The molecule has 1 amide bonds. The van der Waals surface area contributed by atoms with E-state index in [0.29, 0.717) is 16.9 Å². The van der Waals surface area contributed by atoms with Gasteiger partial charge in [-0.15, -0.1) is 0 Å². The lowest BCUT2D eigenvalue weighted by molar-refractivity contribution is 0.0600. The molecule has 3 rings (SSSR count). The Bertz CT molecular complexity index is 1010. The number of rotatable bonds is 5. The molecule has 1 heterocycles. The summed E-state index contributed by atoms with van der Waals surface area (Å²) in [6, 6.07) is 16.1. The van der Waals surface area contributed by atoms with Gasteiger partial charge in [0.05, 0.1) is 12.7 Å². The van der Waals surface area contributed by atoms with Crippen molar-refractivity contribution in [3.8, 4) is 0 Å². The first-order valence-corrected chi connectivity index (χ1v) is 8.76. The molecule has 0 spiro atoms. The van der Waals surface area contributed by atoms with Gasteiger partial charge in [-0.25, -0.2) is 4.79 Å². The van der Waals surface area contributed by atoms with E-state index in [4.69, 9.17) is 0 Å². The zero-order chi connectivity index (χ0) is 20.1. The molecule has 0 bridgehead atoms. The van der Waals surface area contributed by atoms with Gasteiger partial charge in [0.2, 0.25) is 0 Å².